The van der Waals surface area contributed by atoms with E-state index in [2.05, 4.69) is 121 Å². The Morgan fingerprint density at radius 1 is 0.442 bits per heavy atom. The van der Waals surface area contributed by atoms with Crippen LogP contribution in [0.5, 0.6) is 0 Å². The first-order chi connectivity index (χ1) is 25.7. The van der Waals surface area contributed by atoms with Gasteiger partial charge in [0.2, 0.25) is 0 Å². The van der Waals surface area contributed by atoms with Gasteiger partial charge in [0.25, 0.3) is 0 Å². The number of para-hydroxylation sites is 1. The second kappa shape index (κ2) is 11.3. The fourth-order valence-electron chi connectivity index (χ4n) is 7.77. The van der Waals surface area contributed by atoms with E-state index in [0.717, 1.165) is 77.5 Å². The highest BCUT2D eigenvalue weighted by atomic mass is 16.3. The van der Waals surface area contributed by atoms with Gasteiger partial charge >= 0.3 is 0 Å². The molecule has 3 heterocycles. The molecule has 0 amide bonds. The van der Waals surface area contributed by atoms with Crippen molar-refractivity contribution < 1.29 is 8.83 Å². The van der Waals surface area contributed by atoms with E-state index < -0.39 is 6.17 Å². The van der Waals surface area contributed by atoms with Crippen LogP contribution in [0, 0.1) is 0 Å². The highest BCUT2D eigenvalue weighted by Crippen LogP contribution is 2.38. The molecule has 0 saturated heterocycles. The molecule has 52 heavy (non-hydrogen) atoms. The number of aliphatic imine (C=N–C) groups is 2. The Morgan fingerprint density at radius 3 is 2.02 bits per heavy atom. The van der Waals surface area contributed by atoms with Crippen molar-refractivity contribution in [3.63, 3.8) is 0 Å². The number of fused-ring (bicyclic) bond motifs is 9. The van der Waals surface area contributed by atoms with E-state index in [0.29, 0.717) is 5.84 Å². The monoisotopic (exact) mass is 667 g/mol. The Balaban J connectivity index is 1.08. The van der Waals surface area contributed by atoms with E-state index in [1.165, 1.54) is 21.5 Å². The molecule has 1 aliphatic heterocycles. The summed E-state index contributed by atoms with van der Waals surface area (Å²) < 4.78 is 12.7. The zero-order valence-electron chi connectivity index (χ0n) is 27.9. The fraction of sp³-hybridized carbons (Fsp3) is 0.0213. The molecule has 10 aromatic rings. The number of nitrogens with zero attached hydrogens (tertiary/aromatic N) is 2. The summed E-state index contributed by atoms with van der Waals surface area (Å²) in [5.41, 5.74) is 8.50. The summed E-state index contributed by atoms with van der Waals surface area (Å²) in [6.45, 7) is 0. The zero-order valence-corrected chi connectivity index (χ0v) is 27.9. The van der Waals surface area contributed by atoms with Crippen LogP contribution in [-0.4, -0.2) is 11.7 Å². The van der Waals surface area contributed by atoms with Gasteiger partial charge in [-0.3, -0.25) is 0 Å². The van der Waals surface area contributed by atoms with Crippen molar-refractivity contribution in [2.24, 2.45) is 9.98 Å². The molecular formula is C47H29N3O2. The van der Waals surface area contributed by atoms with Gasteiger partial charge in [0, 0.05) is 38.2 Å². The molecule has 2 aromatic heterocycles. The first-order valence-electron chi connectivity index (χ1n) is 17.5. The highest BCUT2D eigenvalue weighted by Gasteiger charge is 2.24. The number of rotatable bonds is 4. The Hall–Kier alpha value is -6.98. The summed E-state index contributed by atoms with van der Waals surface area (Å²) in [7, 11) is 0. The molecule has 244 valence electrons. The van der Waals surface area contributed by atoms with Gasteiger partial charge in [-0.1, -0.05) is 127 Å². The Labute approximate surface area is 298 Å². The molecular weight excluding hydrogens is 639 g/mol. The first kappa shape index (κ1) is 28.8. The smallest absolute Gasteiger partial charge is 0.160 e. The number of benzene rings is 8. The Kier molecular flexibility index (Phi) is 6.25. The van der Waals surface area contributed by atoms with Gasteiger partial charge in [0.1, 0.15) is 34.3 Å². The predicted octanol–water partition coefficient (Wildman–Crippen LogP) is 12.0. The minimum absolute atomic E-state index is 0.392. The van der Waals surface area contributed by atoms with Crippen molar-refractivity contribution in [1.29, 1.82) is 0 Å². The third kappa shape index (κ3) is 4.56. The Morgan fingerprint density at radius 2 is 1.12 bits per heavy atom. The molecule has 0 aliphatic carbocycles. The molecule has 8 aromatic carbocycles. The summed E-state index contributed by atoms with van der Waals surface area (Å²) >= 11 is 0. The van der Waals surface area contributed by atoms with Crippen LogP contribution in [0.15, 0.2) is 183 Å². The zero-order chi connectivity index (χ0) is 34.2. The molecule has 1 atom stereocenters. The number of amidine groups is 2. The second-order valence-electron chi connectivity index (χ2n) is 13.4. The summed E-state index contributed by atoms with van der Waals surface area (Å²) in [6.07, 6.45) is -0.392. The Bertz CT molecular complexity index is 3110. The first-order valence-corrected chi connectivity index (χ1v) is 17.5. The number of nitrogens with one attached hydrogen (secondary N) is 1. The maximum absolute atomic E-state index is 6.47. The van der Waals surface area contributed by atoms with Gasteiger partial charge in [0.05, 0.1) is 0 Å². The number of furan rings is 2. The van der Waals surface area contributed by atoms with Crippen LogP contribution in [0.2, 0.25) is 0 Å². The summed E-state index contributed by atoms with van der Waals surface area (Å²) in [5.74, 6) is 1.40. The van der Waals surface area contributed by atoms with Crippen LogP contribution in [0.4, 0.5) is 0 Å². The fourth-order valence-corrected chi connectivity index (χ4v) is 7.77. The minimum atomic E-state index is -0.392. The van der Waals surface area contributed by atoms with E-state index in [4.69, 9.17) is 18.8 Å². The average Bonchev–Trinajstić information content (AvgIpc) is 3.78. The van der Waals surface area contributed by atoms with E-state index in [1.807, 2.05) is 48.5 Å². The highest BCUT2D eigenvalue weighted by molar-refractivity contribution is 6.22. The average molecular weight is 668 g/mol. The standard InChI is InChI=1S/C47H29N3O2/c1-2-10-30(11-3-1)45-48-46(33-21-23-36-35-13-6-7-15-40(35)52-43(36)27-33)50-47(49-45)37-14-8-16-42-44(37)39-26-32(22-24-41(39)51-42)31-20-19-29-18-17-28-9-4-5-12-34(28)38(29)25-31/h1-27,46H,(H,48,49,50). The molecule has 0 saturated carbocycles. The molecule has 1 aliphatic rings. The molecule has 1 unspecified atom stereocenters. The predicted molar refractivity (Wildman–Crippen MR) is 213 cm³/mol. The van der Waals surface area contributed by atoms with Gasteiger partial charge in [-0.05, 0) is 69.1 Å². The van der Waals surface area contributed by atoms with Crippen LogP contribution in [0.25, 0.3) is 76.5 Å². The lowest BCUT2D eigenvalue weighted by atomic mass is 9.96. The lowest BCUT2D eigenvalue weighted by Crippen LogP contribution is -2.33. The number of hydrogen-bond acceptors (Lipinski definition) is 5. The van der Waals surface area contributed by atoms with Crippen molar-refractivity contribution in [3.05, 3.63) is 180 Å². The van der Waals surface area contributed by atoms with E-state index >= 15 is 0 Å². The van der Waals surface area contributed by atoms with Gasteiger partial charge in [-0.15, -0.1) is 0 Å². The topological polar surface area (TPSA) is 63.0 Å². The second-order valence-corrected chi connectivity index (χ2v) is 13.4. The van der Waals surface area contributed by atoms with Crippen molar-refractivity contribution in [3.8, 4) is 11.1 Å². The largest absolute Gasteiger partial charge is 0.456 e. The number of hydrogen-bond donors (Lipinski definition) is 1. The van der Waals surface area contributed by atoms with Crippen molar-refractivity contribution in [1.82, 2.24) is 5.32 Å². The quantitative estimate of drug-likeness (QED) is 0.190. The van der Waals surface area contributed by atoms with E-state index in [1.54, 1.807) is 0 Å². The molecule has 11 rings (SSSR count). The summed E-state index contributed by atoms with van der Waals surface area (Å²) in [4.78, 5) is 10.4. The lowest BCUT2D eigenvalue weighted by Gasteiger charge is -2.24. The van der Waals surface area contributed by atoms with Crippen molar-refractivity contribution in [2.45, 2.75) is 6.17 Å². The van der Waals surface area contributed by atoms with Crippen LogP contribution in [-0.2, 0) is 0 Å². The van der Waals surface area contributed by atoms with Gasteiger partial charge in [0.15, 0.2) is 5.84 Å². The van der Waals surface area contributed by atoms with Crippen molar-refractivity contribution >= 4 is 77.1 Å². The minimum Gasteiger partial charge on any atom is -0.456 e. The molecule has 0 spiro atoms. The third-order valence-corrected chi connectivity index (χ3v) is 10.3. The van der Waals surface area contributed by atoms with Crippen LogP contribution in [0.3, 0.4) is 0 Å². The molecule has 0 fully saturated rings. The maximum Gasteiger partial charge on any atom is 0.160 e. The van der Waals surface area contributed by atoms with Gasteiger partial charge in [-0.2, -0.15) is 0 Å². The third-order valence-electron chi connectivity index (χ3n) is 10.3. The van der Waals surface area contributed by atoms with Crippen LogP contribution >= 0.6 is 0 Å². The normalized spacial score (nSPS) is 14.7. The SMILES string of the molecule is c1ccc(C2=NC(c3cccc4oc5ccc(-c6ccc7ccc8ccccc8c7c6)cc5c34)=NC(c3ccc4c(c3)oc3ccccc34)N2)cc1. The summed E-state index contributed by atoms with van der Waals surface area (Å²) in [5, 5.41) is 12.8. The lowest BCUT2D eigenvalue weighted by molar-refractivity contribution is 0.655. The van der Waals surface area contributed by atoms with Crippen LogP contribution in [0.1, 0.15) is 22.9 Å². The van der Waals surface area contributed by atoms with E-state index in [9.17, 15) is 0 Å². The maximum atomic E-state index is 6.47. The van der Waals surface area contributed by atoms with Crippen molar-refractivity contribution in [2.75, 3.05) is 0 Å². The van der Waals surface area contributed by atoms with E-state index in [-0.39, 0.29) is 0 Å². The summed E-state index contributed by atoms with van der Waals surface area (Å²) in [6, 6.07) is 57.0. The molecule has 1 N–H and O–H groups in total. The molecule has 0 bridgehead atoms. The van der Waals surface area contributed by atoms with Gasteiger partial charge in [-0.25, -0.2) is 9.98 Å². The molecule has 0 radical (unpaired) electrons. The molecule has 5 heteroatoms. The molecule has 5 nitrogen and oxygen atoms in total. The van der Waals surface area contributed by atoms with Crippen LogP contribution < -0.4 is 5.32 Å². The van der Waals surface area contributed by atoms with Gasteiger partial charge < -0.3 is 14.2 Å².